The number of nitrogens with one attached hydrogen (secondary N) is 1. The molecule has 9 heteroatoms. The Morgan fingerprint density at radius 3 is 2.47 bits per heavy atom. The Morgan fingerprint density at radius 2 is 1.77 bits per heavy atom. The summed E-state index contributed by atoms with van der Waals surface area (Å²) in [6, 6.07) is 14.0. The van der Waals surface area contributed by atoms with Crippen LogP contribution in [0.4, 0.5) is 0 Å². The standard InChI is InChI=1S/C21H22ClN3O4S/c1-15-2-4-16(5-3-15)12-13-23-20(26)10-11-21-24-19(25-29-21)14-30(27,28)18-8-6-17(22)7-9-18/h2-9H,10-14H2,1H3,(H,23,26). The van der Waals surface area contributed by atoms with Crippen molar-refractivity contribution < 1.29 is 17.7 Å². The van der Waals surface area contributed by atoms with E-state index >= 15 is 0 Å². The SMILES string of the molecule is Cc1ccc(CCNC(=O)CCc2nc(CS(=O)(=O)c3ccc(Cl)cc3)no2)cc1. The molecule has 0 aliphatic heterocycles. The van der Waals surface area contributed by atoms with Crippen molar-refractivity contribution in [2.24, 2.45) is 0 Å². The molecule has 0 bridgehead atoms. The number of halogens is 1. The van der Waals surface area contributed by atoms with Crippen molar-refractivity contribution in [2.45, 2.75) is 36.8 Å². The molecule has 0 saturated carbocycles. The first-order valence-corrected chi connectivity index (χ1v) is 11.5. The maximum absolute atomic E-state index is 12.4. The van der Waals surface area contributed by atoms with Crippen LogP contribution in [0.1, 0.15) is 29.3 Å². The summed E-state index contributed by atoms with van der Waals surface area (Å²) < 4.78 is 29.9. The molecule has 2 aromatic carbocycles. The summed E-state index contributed by atoms with van der Waals surface area (Å²) in [7, 11) is -3.61. The van der Waals surface area contributed by atoms with Crippen molar-refractivity contribution in [3.8, 4) is 0 Å². The molecule has 3 rings (SSSR count). The number of hydrogen-bond acceptors (Lipinski definition) is 6. The van der Waals surface area contributed by atoms with Gasteiger partial charge < -0.3 is 9.84 Å². The third kappa shape index (κ3) is 6.40. The molecular weight excluding hydrogens is 426 g/mol. The second kappa shape index (κ2) is 9.86. The van der Waals surface area contributed by atoms with E-state index in [2.05, 4.69) is 15.5 Å². The smallest absolute Gasteiger partial charge is 0.227 e. The molecule has 7 nitrogen and oxygen atoms in total. The van der Waals surface area contributed by atoms with E-state index in [0.717, 1.165) is 12.0 Å². The molecule has 0 spiro atoms. The first-order valence-electron chi connectivity index (χ1n) is 9.44. The number of rotatable bonds is 9. The number of aromatic nitrogens is 2. The molecule has 0 fully saturated rings. The second-order valence-corrected chi connectivity index (χ2v) is 9.33. The van der Waals surface area contributed by atoms with Gasteiger partial charge in [-0.05, 0) is 43.2 Å². The minimum absolute atomic E-state index is 0.0553. The van der Waals surface area contributed by atoms with Gasteiger partial charge in [0.15, 0.2) is 15.7 Å². The number of hydrogen-bond donors (Lipinski definition) is 1. The monoisotopic (exact) mass is 447 g/mol. The zero-order valence-electron chi connectivity index (χ0n) is 16.5. The van der Waals surface area contributed by atoms with Crippen LogP contribution in [0.15, 0.2) is 57.9 Å². The van der Waals surface area contributed by atoms with Gasteiger partial charge in [0.25, 0.3) is 0 Å². The Labute approximate surface area is 180 Å². The molecule has 3 aromatic rings. The molecule has 0 saturated heterocycles. The van der Waals surface area contributed by atoms with Gasteiger partial charge >= 0.3 is 0 Å². The van der Waals surface area contributed by atoms with E-state index in [1.54, 1.807) is 0 Å². The third-order valence-electron chi connectivity index (χ3n) is 4.42. The fraction of sp³-hybridized carbons (Fsp3) is 0.286. The molecule has 0 radical (unpaired) electrons. The van der Waals surface area contributed by atoms with Crippen molar-refractivity contribution in [1.29, 1.82) is 0 Å². The third-order valence-corrected chi connectivity index (χ3v) is 6.31. The number of benzene rings is 2. The normalized spacial score (nSPS) is 11.4. The van der Waals surface area contributed by atoms with Crippen LogP contribution in [0.25, 0.3) is 0 Å². The Kier molecular flexibility index (Phi) is 7.23. The zero-order chi connectivity index (χ0) is 21.6. The van der Waals surface area contributed by atoms with E-state index in [-0.39, 0.29) is 41.1 Å². The highest BCUT2D eigenvalue weighted by atomic mass is 35.5. The number of carbonyl (C=O) groups is 1. The highest BCUT2D eigenvalue weighted by molar-refractivity contribution is 7.90. The zero-order valence-corrected chi connectivity index (χ0v) is 18.0. The second-order valence-electron chi connectivity index (χ2n) is 6.90. The van der Waals surface area contributed by atoms with Crippen molar-refractivity contribution >= 4 is 27.3 Å². The lowest BCUT2D eigenvalue weighted by Crippen LogP contribution is -2.25. The van der Waals surface area contributed by atoms with E-state index in [9.17, 15) is 13.2 Å². The van der Waals surface area contributed by atoms with Gasteiger partial charge in [-0.15, -0.1) is 0 Å². The van der Waals surface area contributed by atoms with Crippen molar-refractivity contribution in [3.05, 3.63) is 76.4 Å². The van der Waals surface area contributed by atoms with Crippen LogP contribution in [0.2, 0.25) is 5.02 Å². The van der Waals surface area contributed by atoms with Crippen molar-refractivity contribution in [1.82, 2.24) is 15.5 Å². The van der Waals surface area contributed by atoms with Gasteiger partial charge in [-0.3, -0.25) is 4.79 Å². The van der Waals surface area contributed by atoms with E-state index in [1.165, 1.54) is 29.8 Å². The van der Waals surface area contributed by atoms with E-state index in [4.69, 9.17) is 16.1 Å². The Hall–Kier alpha value is -2.71. The molecule has 0 aliphatic carbocycles. The van der Waals surface area contributed by atoms with E-state index in [1.807, 2.05) is 31.2 Å². The summed E-state index contributed by atoms with van der Waals surface area (Å²) in [6.07, 6.45) is 1.17. The fourth-order valence-corrected chi connectivity index (χ4v) is 4.06. The fourth-order valence-electron chi connectivity index (χ4n) is 2.76. The van der Waals surface area contributed by atoms with E-state index < -0.39 is 9.84 Å². The summed E-state index contributed by atoms with van der Waals surface area (Å²) in [5.41, 5.74) is 2.35. The first kappa shape index (κ1) is 22.0. The van der Waals surface area contributed by atoms with Crippen LogP contribution in [0.3, 0.4) is 0 Å². The van der Waals surface area contributed by atoms with Gasteiger partial charge in [-0.2, -0.15) is 4.98 Å². The van der Waals surface area contributed by atoms with Crippen LogP contribution in [0, 0.1) is 6.92 Å². The number of carbonyl (C=O) groups excluding carboxylic acids is 1. The molecule has 30 heavy (non-hydrogen) atoms. The molecule has 1 aromatic heterocycles. The maximum Gasteiger partial charge on any atom is 0.227 e. The average Bonchev–Trinajstić information content (AvgIpc) is 3.15. The largest absolute Gasteiger partial charge is 0.356 e. The molecule has 1 amide bonds. The minimum atomic E-state index is -3.61. The summed E-state index contributed by atoms with van der Waals surface area (Å²) in [4.78, 5) is 16.2. The average molecular weight is 448 g/mol. The molecule has 1 N–H and O–H groups in total. The number of sulfone groups is 1. The first-order chi connectivity index (χ1) is 14.3. The van der Waals surface area contributed by atoms with Crippen LogP contribution in [-0.4, -0.2) is 31.0 Å². The van der Waals surface area contributed by atoms with Gasteiger partial charge in [-0.25, -0.2) is 8.42 Å². The van der Waals surface area contributed by atoms with Crippen LogP contribution < -0.4 is 5.32 Å². The molecule has 0 aliphatic rings. The van der Waals surface area contributed by atoms with Gasteiger partial charge in [0.2, 0.25) is 11.8 Å². The van der Waals surface area contributed by atoms with E-state index in [0.29, 0.717) is 11.6 Å². The predicted molar refractivity (Wildman–Crippen MR) is 113 cm³/mol. The summed E-state index contributed by atoms with van der Waals surface area (Å²) in [5.74, 6) is -0.235. The van der Waals surface area contributed by atoms with Crippen molar-refractivity contribution in [2.75, 3.05) is 6.54 Å². The van der Waals surface area contributed by atoms with Gasteiger partial charge in [-0.1, -0.05) is 46.6 Å². The van der Waals surface area contributed by atoms with Gasteiger partial charge in [0, 0.05) is 24.4 Å². The van der Waals surface area contributed by atoms with Crippen LogP contribution in [-0.2, 0) is 33.2 Å². The van der Waals surface area contributed by atoms with Crippen molar-refractivity contribution in [3.63, 3.8) is 0 Å². The van der Waals surface area contributed by atoms with Gasteiger partial charge in [0.05, 0.1) is 4.90 Å². The Bertz CT molecular complexity index is 1090. The van der Waals surface area contributed by atoms with Gasteiger partial charge in [0.1, 0.15) is 5.75 Å². The summed E-state index contributed by atoms with van der Waals surface area (Å²) >= 11 is 5.79. The molecule has 0 atom stereocenters. The Balaban J connectivity index is 1.45. The highest BCUT2D eigenvalue weighted by Gasteiger charge is 2.19. The number of aryl methyl sites for hydroxylation is 2. The highest BCUT2D eigenvalue weighted by Crippen LogP contribution is 2.18. The lowest BCUT2D eigenvalue weighted by atomic mass is 10.1. The lowest BCUT2D eigenvalue weighted by Gasteiger charge is -2.05. The maximum atomic E-state index is 12.4. The Morgan fingerprint density at radius 1 is 1.07 bits per heavy atom. The molecule has 1 heterocycles. The topological polar surface area (TPSA) is 102 Å². The minimum Gasteiger partial charge on any atom is -0.356 e. The summed E-state index contributed by atoms with van der Waals surface area (Å²) in [6.45, 7) is 2.57. The number of amides is 1. The predicted octanol–water partition coefficient (Wildman–Crippen LogP) is 3.30. The summed E-state index contributed by atoms with van der Waals surface area (Å²) in [5, 5.41) is 7.01. The number of nitrogens with zero attached hydrogens (tertiary/aromatic N) is 2. The lowest BCUT2D eigenvalue weighted by molar-refractivity contribution is -0.121. The molecule has 158 valence electrons. The molecular formula is C21H22ClN3O4S. The van der Waals surface area contributed by atoms with Crippen LogP contribution in [0.5, 0.6) is 0 Å². The quantitative estimate of drug-likeness (QED) is 0.540. The van der Waals surface area contributed by atoms with Crippen LogP contribution >= 0.6 is 11.6 Å². The molecule has 0 unspecified atom stereocenters.